The fourth-order valence-corrected chi connectivity index (χ4v) is 5.70. The maximum atomic E-state index is 12.4. The largest absolute Gasteiger partial charge is 0.458 e. The van der Waals surface area contributed by atoms with Gasteiger partial charge in [0.1, 0.15) is 30.4 Å². The molecule has 50 heavy (non-hydrogen) atoms. The van der Waals surface area contributed by atoms with E-state index in [1.165, 1.54) is 0 Å². The minimum Gasteiger partial charge on any atom is -0.458 e. The summed E-state index contributed by atoms with van der Waals surface area (Å²) in [6.07, 6.45) is -10.6. The molecule has 1 saturated carbocycles. The van der Waals surface area contributed by atoms with Crippen molar-refractivity contribution in [1.29, 1.82) is 0 Å². The van der Waals surface area contributed by atoms with Crippen molar-refractivity contribution in [2.45, 2.75) is 94.5 Å². The summed E-state index contributed by atoms with van der Waals surface area (Å²) in [5, 5.41) is 14.9. The predicted molar refractivity (Wildman–Crippen MR) is 172 cm³/mol. The molecule has 2 aromatic rings. The fraction of sp³-hybridized carbons (Fsp3) is 0.533. The van der Waals surface area contributed by atoms with E-state index in [9.17, 15) is 33.1 Å². The third-order valence-corrected chi connectivity index (χ3v) is 7.71. The average Bonchev–Trinajstić information content (AvgIpc) is 3.10. The van der Waals surface area contributed by atoms with Crippen molar-refractivity contribution >= 4 is 11.9 Å². The lowest BCUT2D eigenvalue weighted by molar-refractivity contribution is -0.301. The van der Waals surface area contributed by atoms with E-state index in [0.29, 0.717) is 5.56 Å². The van der Waals surface area contributed by atoms with Crippen molar-refractivity contribution in [2.24, 2.45) is 20.5 Å². The second kappa shape index (κ2) is 18.9. The van der Waals surface area contributed by atoms with Gasteiger partial charge in [-0.2, -0.15) is 0 Å². The normalized spacial score (nSPS) is 30.4. The van der Waals surface area contributed by atoms with Gasteiger partial charge in [0.15, 0.2) is 12.4 Å². The topological polar surface area (TPSA) is 285 Å². The molecule has 0 unspecified atom stereocenters. The minimum atomic E-state index is -2.52. The molecule has 20 heteroatoms. The molecule has 1 heterocycles. The van der Waals surface area contributed by atoms with Gasteiger partial charge in [0.05, 0.1) is 37.9 Å². The summed E-state index contributed by atoms with van der Waals surface area (Å²) in [5.74, 6) is -1.69. The van der Waals surface area contributed by atoms with Gasteiger partial charge in [0, 0.05) is 34.9 Å². The van der Waals surface area contributed by atoms with Crippen LogP contribution in [0.15, 0.2) is 81.1 Å². The molecule has 2 fully saturated rings. The van der Waals surface area contributed by atoms with Gasteiger partial charge in [0.2, 0.25) is 0 Å². The van der Waals surface area contributed by atoms with Crippen LogP contribution in [0.1, 0.15) is 32.8 Å². The molecular formula is C30H34N12O8. The predicted octanol–water partition coefficient (Wildman–Crippen LogP) is 5.88. The van der Waals surface area contributed by atoms with Gasteiger partial charge in [0.25, 0.3) is 0 Å². The maximum Gasteiger partial charge on any atom is 0.303 e. The second-order valence-corrected chi connectivity index (χ2v) is 11.0. The standard InChI is InChI=1S/C30H34N12O8/c1-17(43)47-25-21(36-40-32)13-22(37-41-33)26(29(25)48-18(2)44)50-30-24(38-42-34)28(46-16-20-11-7-4-8-12-20)27(23(49-30)14-35-39-31)45-15-19-9-5-3-6-10-19/h3-12,21-30H,13-16H2,1-2H3/t21-,22+,23-,24-,25+,26-,27-,28-,29-,30-/m1/s1/i24D. The summed E-state index contributed by atoms with van der Waals surface area (Å²) in [5.41, 5.74) is 39.1. The monoisotopic (exact) mass is 691 g/mol. The SMILES string of the molecule is [2H][C@]1(N=[N+]=[N-])[C@@H](O[C@H]2[C@H](OC(C)=O)[C@@H](OC(C)=O)[C@H](N=[N+]=[N-])C[C@@H]2N=[N+]=[N-])O[C@H](CN=[N+]=[N-])[C@@H](OCc2ccccc2)[C@@H]1OCc1ccccc1. The summed E-state index contributed by atoms with van der Waals surface area (Å²) in [6, 6.07) is 13.0. The van der Waals surface area contributed by atoms with Crippen LogP contribution in [0.5, 0.6) is 0 Å². The first-order chi connectivity index (χ1) is 24.6. The van der Waals surface area contributed by atoms with E-state index < -0.39 is 73.0 Å². The highest BCUT2D eigenvalue weighted by atomic mass is 16.7. The highest BCUT2D eigenvalue weighted by molar-refractivity contribution is 5.67. The molecular weight excluding hydrogens is 656 g/mol. The number of esters is 2. The highest BCUT2D eigenvalue weighted by Crippen LogP contribution is 2.37. The molecule has 0 bridgehead atoms. The van der Waals surface area contributed by atoms with Crippen LogP contribution in [-0.2, 0) is 51.2 Å². The van der Waals surface area contributed by atoms with Gasteiger partial charge in [-0.3, -0.25) is 9.59 Å². The van der Waals surface area contributed by atoms with Crippen molar-refractivity contribution < 1.29 is 39.4 Å². The summed E-state index contributed by atoms with van der Waals surface area (Å²) in [7, 11) is 0. The third-order valence-electron chi connectivity index (χ3n) is 7.71. The Balaban J connectivity index is 1.83. The van der Waals surface area contributed by atoms with Gasteiger partial charge in [-0.15, -0.1) is 0 Å². The number of nitrogens with zero attached hydrogens (tertiary/aromatic N) is 12. The van der Waals surface area contributed by atoms with E-state index in [-0.39, 0.29) is 26.2 Å². The molecule has 10 atom stereocenters. The van der Waals surface area contributed by atoms with E-state index in [2.05, 4.69) is 40.1 Å². The Morgan fingerprint density at radius 2 is 1.26 bits per heavy atom. The number of hydrogen-bond donors (Lipinski definition) is 0. The van der Waals surface area contributed by atoms with Gasteiger partial charge < -0.3 is 28.4 Å². The Morgan fingerprint density at radius 1 is 0.740 bits per heavy atom. The van der Waals surface area contributed by atoms with Crippen LogP contribution in [0.4, 0.5) is 0 Å². The first-order valence-electron chi connectivity index (χ1n) is 15.8. The van der Waals surface area contributed by atoms with Gasteiger partial charge in [-0.05, 0) is 39.7 Å². The number of benzene rings is 2. The van der Waals surface area contributed by atoms with Crippen LogP contribution in [0.2, 0.25) is 0 Å². The van der Waals surface area contributed by atoms with Crippen molar-refractivity contribution in [3.8, 4) is 0 Å². The van der Waals surface area contributed by atoms with Crippen molar-refractivity contribution in [1.82, 2.24) is 0 Å². The van der Waals surface area contributed by atoms with Crippen molar-refractivity contribution in [3.05, 3.63) is 114 Å². The number of hydrogen-bond acceptors (Lipinski definition) is 12. The number of rotatable bonds is 15. The molecule has 0 radical (unpaired) electrons. The molecule has 0 amide bonds. The molecule has 0 spiro atoms. The zero-order chi connectivity index (χ0) is 36.8. The van der Waals surface area contributed by atoms with Crippen LogP contribution < -0.4 is 0 Å². The molecule has 262 valence electrons. The Bertz CT molecular complexity index is 1700. The zero-order valence-electron chi connectivity index (χ0n) is 27.9. The summed E-state index contributed by atoms with van der Waals surface area (Å²) >= 11 is 0. The number of carbonyl (C=O) groups excluding carboxylic acids is 2. The number of azide groups is 4. The minimum absolute atomic E-state index is 0.00826. The Morgan fingerprint density at radius 3 is 1.78 bits per heavy atom. The van der Waals surface area contributed by atoms with E-state index in [1.54, 1.807) is 54.6 Å². The molecule has 4 rings (SSSR count). The molecule has 1 aliphatic carbocycles. The molecule has 2 aromatic carbocycles. The van der Waals surface area contributed by atoms with Gasteiger partial charge in [-0.25, -0.2) is 0 Å². The van der Waals surface area contributed by atoms with Gasteiger partial charge >= 0.3 is 11.9 Å². The first-order valence-corrected chi connectivity index (χ1v) is 15.3. The Kier molecular flexibility index (Phi) is 13.5. The molecule has 1 aliphatic heterocycles. The van der Waals surface area contributed by atoms with E-state index in [4.69, 9.17) is 28.4 Å². The van der Waals surface area contributed by atoms with Crippen LogP contribution >= 0.6 is 0 Å². The molecule has 1 saturated heterocycles. The molecule has 20 nitrogen and oxygen atoms in total. The lowest BCUT2D eigenvalue weighted by Crippen LogP contribution is -2.64. The summed E-state index contributed by atoms with van der Waals surface area (Å²) < 4.78 is 45.6. The summed E-state index contributed by atoms with van der Waals surface area (Å²) in [6.45, 7) is 1.68. The lowest BCUT2D eigenvalue weighted by atomic mass is 9.84. The van der Waals surface area contributed by atoms with E-state index >= 15 is 0 Å². The lowest BCUT2D eigenvalue weighted by Gasteiger charge is -2.48. The fourth-order valence-electron chi connectivity index (χ4n) is 5.70. The van der Waals surface area contributed by atoms with Crippen LogP contribution in [-0.4, -0.2) is 79.5 Å². The van der Waals surface area contributed by atoms with Crippen LogP contribution in [0, 0.1) is 0 Å². The smallest absolute Gasteiger partial charge is 0.303 e. The van der Waals surface area contributed by atoms with Crippen molar-refractivity contribution in [2.75, 3.05) is 6.54 Å². The highest BCUT2D eigenvalue weighted by Gasteiger charge is 2.54. The third kappa shape index (κ3) is 9.99. The summed E-state index contributed by atoms with van der Waals surface area (Å²) in [4.78, 5) is 35.9. The number of ether oxygens (including phenoxy) is 6. The average molecular weight is 692 g/mol. The van der Waals surface area contributed by atoms with E-state index in [1.807, 2.05) is 6.07 Å². The Hall–Kier alpha value is -5.54. The van der Waals surface area contributed by atoms with Crippen LogP contribution in [0.3, 0.4) is 0 Å². The second-order valence-electron chi connectivity index (χ2n) is 11.0. The van der Waals surface area contributed by atoms with Gasteiger partial charge in [-0.1, -0.05) is 81.1 Å². The molecule has 2 aliphatic rings. The van der Waals surface area contributed by atoms with Crippen molar-refractivity contribution in [3.63, 3.8) is 0 Å². The molecule has 0 N–H and O–H groups in total. The Labute approximate surface area is 286 Å². The van der Waals surface area contributed by atoms with Crippen LogP contribution in [0.25, 0.3) is 41.8 Å². The maximum absolute atomic E-state index is 12.4. The quantitative estimate of drug-likeness (QED) is 0.0937. The molecule has 0 aromatic heterocycles. The van der Waals surface area contributed by atoms with E-state index in [0.717, 1.165) is 19.4 Å². The zero-order valence-corrected chi connectivity index (χ0v) is 26.9. The first kappa shape index (κ1) is 35.8. The number of carbonyl (C=O) groups is 2.